The van der Waals surface area contributed by atoms with Gasteiger partial charge in [0, 0.05) is 5.38 Å². The fourth-order valence-corrected chi connectivity index (χ4v) is 3.26. The Balaban J connectivity index is 1.60. The summed E-state index contributed by atoms with van der Waals surface area (Å²) in [6, 6.07) is 11.9. The Bertz CT molecular complexity index is 733. The van der Waals surface area contributed by atoms with Crippen molar-refractivity contribution in [2.75, 3.05) is 12.0 Å². The van der Waals surface area contributed by atoms with Crippen molar-refractivity contribution in [3.8, 4) is 16.3 Å². The van der Waals surface area contributed by atoms with Crippen LogP contribution < -0.4 is 10.2 Å². The van der Waals surface area contributed by atoms with Crippen LogP contribution in [0.1, 0.15) is 12.5 Å². The van der Waals surface area contributed by atoms with Gasteiger partial charge in [0.2, 0.25) is 5.13 Å². The molecule has 0 aliphatic rings. The zero-order valence-corrected chi connectivity index (χ0v) is 13.7. The molecular formula is C16H15N3OS2. The number of hydrogen-bond donors (Lipinski definition) is 1. The summed E-state index contributed by atoms with van der Waals surface area (Å²) in [5, 5.41) is 9.08. The van der Waals surface area contributed by atoms with Gasteiger partial charge in [-0.05, 0) is 48.2 Å². The average Bonchev–Trinajstić information content (AvgIpc) is 3.20. The molecule has 0 aliphatic carbocycles. The summed E-state index contributed by atoms with van der Waals surface area (Å²) < 4.78 is 5.41. The number of benzene rings is 1. The van der Waals surface area contributed by atoms with E-state index in [1.54, 1.807) is 28.9 Å². The van der Waals surface area contributed by atoms with Crippen molar-refractivity contribution in [1.29, 1.82) is 0 Å². The molecule has 1 aromatic carbocycles. The Hall–Kier alpha value is -2.18. The molecule has 0 fully saturated rings. The summed E-state index contributed by atoms with van der Waals surface area (Å²) in [4.78, 5) is 5.67. The Morgan fingerprint density at radius 1 is 1.23 bits per heavy atom. The summed E-state index contributed by atoms with van der Waals surface area (Å²) in [6.45, 7) is 2.64. The number of nitrogens with zero attached hydrogens (tertiary/aromatic N) is 2. The zero-order chi connectivity index (χ0) is 15.2. The lowest BCUT2D eigenvalue weighted by Gasteiger charge is -2.01. The SMILES string of the molecule is CCOc1ccc(/C=N\Nc2nc(-c3cccs3)cs2)cc1. The Labute approximate surface area is 137 Å². The van der Waals surface area contributed by atoms with Crippen molar-refractivity contribution in [3.63, 3.8) is 0 Å². The van der Waals surface area contributed by atoms with Gasteiger partial charge in [-0.15, -0.1) is 22.7 Å². The molecule has 1 N–H and O–H groups in total. The van der Waals surface area contributed by atoms with E-state index in [-0.39, 0.29) is 0 Å². The summed E-state index contributed by atoms with van der Waals surface area (Å²) >= 11 is 3.22. The van der Waals surface area contributed by atoms with Crippen molar-refractivity contribution in [1.82, 2.24) is 4.98 Å². The summed E-state index contributed by atoms with van der Waals surface area (Å²) in [7, 11) is 0. The summed E-state index contributed by atoms with van der Waals surface area (Å²) in [5.74, 6) is 0.869. The first-order valence-corrected chi connectivity index (χ1v) is 8.62. The van der Waals surface area contributed by atoms with Gasteiger partial charge >= 0.3 is 0 Å². The van der Waals surface area contributed by atoms with Crippen LogP contribution in [-0.4, -0.2) is 17.8 Å². The normalized spacial score (nSPS) is 11.0. The highest BCUT2D eigenvalue weighted by Gasteiger charge is 2.04. The molecular weight excluding hydrogens is 314 g/mol. The third-order valence-electron chi connectivity index (χ3n) is 2.84. The van der Waals surface area contributed by atoms with E-state index >= 15 is 0 Å². The topological polar surface area (TPSA) is 46.5 Å². The second-order valence-electron chi connectivity index (χ2n) is 4.39. The van der Waals surface area contributed by atoms with Gasteiger partial charge in [0.25, 0.3) is 0 Å². The van der Waals surface area contributed by atoms with Crippen molar-refractivity contribution in [3.05, 3.63) is 52.7 Å². The lowest BCUT2D eigenvalue weighted by molar-refractivity contribution is 0.340. The smallest absolute Gasteiger partial charge is 0.203 e. The predicted octanol–water partition coefficient (Wildman–Crippen LogP) is 4.72. The molecule has 2 heterocycles. The van der Waals surface area contributed by atoms with Crippen LogP contribution in [0.4, 0.5) is 5.13 Å². The molecule has 22 heavy (non-hydrogen) atoms. The standard InChI is InChI=1S/C16H15N3OS2/c1-2-20-13-7-5-12(6-8-13)10-17-19-16-18-14(11-22-16)15-4-3-9-21-15/h3-11H,2H2,1H3,(H,18,19)/b17-10-. The average molecular weight is 329 g/mol. The van der Waals surface area contributed by atoms with Crippen LogP contribution in [0.5, 0.6) is 5.75 Å². The molecule has 0 bridgehead atoms. The second-order valence-corrected chi connectivity index (χ2v) is 6.19. The van der Waals surface area contributed by atoms with Gasteiger partial charge in [-0.25, -0.2) is 4.98 Å². The van der Waals surface area contributed by atoms with Crippen molar-refractivity contribution >= 4 is 34.0 Å². The van der Waals surface area contributed by atoms with Gasteiger partial charge < -0.3 is 4.74 Å². The van der Waals surface area contributed by atoms with E-state index in [4.69, 9.17) is 4.74 Å². The number of thiazole rings is 1. The highest BCUT2D eigenvalue weighted by Crippen LogP contribution is 2.28. The zero-order valence-electron chi connectivity index (χ0n) is 12.0. The van der Waals surface area contributed by atoms with Gasteiger partial charge in [-0.2, -0.15) is 5.10 Å². The van der Waals surface area contributed by atoms with E-state index in [0.29, 0.717) is 6.61 Å². The highest BCUT2D eigenvalue weighted by atomic mass is 32.1. The van der Waals surface area contributed by atoms with Crippen LogP contribution in [0.15, 0.2) is 52.3 Å². The summed E-state index contributed by atoms with van der Waals surface area (Å²) in [6.07, 6.45) is 1.77. The molecule has 6 heteroatoms. The minimum absolute atomic E-state index is 0.672. The Morgan fingerprint density at radius 2 is 2.09 bits per heavy atom. The molecule has 0 radical (unpaired) electrons. The van der Waals surface area contributed by atoms with Crippen LogP contribution >= 0.6 is 22.7 Å². The van der Waals surface area contributed by atoms with Crippen molar-refractivity contribution < 1.29 is 4.74 Å². The lowest BCUT2D eigenvalue weighted by Crippen LogP contribution is -1.92. The first-order valence-electron chi connectivity index (χ1n) is 6.86. The molecule has 112 valence electrons. The fraction of sp³-hybridized carbons (Fsp3) is 0.125. The van der Waals surface area contributed by atoms with Gasteiger partial charge in [-0.1, -0.05) is 6.07 Å². The van der Waals surface area contributed by atoms with Crippen LogP contribution in [0.3, 0.4) is 0 Å². The van der Waals surface area contributed by atoms with Crippen LogP contribution in [0, 0.1) is 0 Å². The number of rotatable bonds is 6. The van der Waals surface area contributed by atoms with Crippen LogP contribution in [0.25, 0.3) is 10.6 Å². The Morgan fingerprint density at radius 3 is 2.82 bits per heavy atom. The number of ether oxygens (including phenoxy) is 1. The minimum atomic E-state index is 0.672. The first-order chi connectivity index (χ1) is 10.8. The maximum atomic E-state index is 5.41. The van der Waals surface area contributed by atoms with E-state index in [2.05, 4.69) is 21.6 Å². The molecule has 4 nitrogen and oxygen atoms in total. The maximum absolute atomic E-state index is 5.41. The number of nitrogens with one attached hydrogen (secondary N) is 1. The van der Waals surface area contributed by atoms with Gasteiger partial charge in [0.15, 0.2) is 0 Å². The summed E-state index contributed by atoms with van der Waals surface area (Å²) in [5.41, 5.74) is 4.96. The largest absolute Gasteiger partial charge is 0.494 e. The number of anilines is 1. The third-order valence-corrected chi connectivity index (χ3v) is 4.48. The number of aromatic nitrogens is 1. The van der Waals surface area contributed by atoms with E-state index in [1.807, 2.05) is 48.0 Å². The molecule has 0 unspecified atom stereocenters. The first kappa shape index (κ1) is 14.7. The quantitative estimate of drug-likeness (QED) is 0.526. The van der Waals surface area contributed by atoms with E-state index in [9.17, 15) is 0 Å². The van der Waals surface area contributed by atoms with Gasteiger partial charge in [-0.3, -0.25) is 5.43 Å². The van der Waals surface area contributed by atoms with Crippen LogP contribution in [-0.2, 0) is 0 Å². The Kier molecular flexibility index (Phi) is 4.82. The highest BCUT2D eigenvalue weighted by molar-refractivity contribution is 7.15. The maximum Gasteiger partial charge on any atom is 0.203 e. The predicted molar refractivity (Wildman–Crippen MR) is 94.3 cm³/mol. The molecule has 0 aliphatic heterocycles. The lowest BCUT2D eigenvalue weighted by atomic mass is 10.2. The molecule has 2 aromatic heterocycles. The van der Waals surface area contributed by atoms with Crippen molar-refractivity contribution in [2.24, 2.45) is 5.10 Å². The third kappa shape index (κ3) is 3.72. The number of hydrogen-bond acceptors (Lipinski definition) is 6. The van der Waals surface area contributed by atoms with Gasteiger partial charge in [0.05, 0.1) is 23.4 Å². The molecule has 3 rings (SSSR count). The van der Waals surface area contributed by atoms with E-state index < -0.39 is 0 Å². The van der Waals surface area contributed by atoms with Crippen LogP contribution in [0.2, 0.25) is 0 Å². The second kappa shape index (κ2) is 7.20. The molecule has 0 atom stereocenters. The number of thiophene rings is 1. The monoisotopic (exact) mass is 329 g/mol. The molecule has 0 spiro atoms. The fourth-order valence-electron chi connectivity index (χ4n) is 1.84. The number of hydrazone groups is 1. The molecule has 0 amide bonds. The minimum Gasteiger partial charge on any atom is -0.494 e. The molecule has 3 aromatic rings. The van der Waals surface area contributed by atoms with E-state index in [1.165, 1.54) is 4.88 Å². The van der Waals surface area contributed by atoms with E-state index in [0.717, 1.165) is 22.1 Å². The van der Waals surface area contributed by atoms with Crippen molar-refractivity contribution in [2.45, 2.75) is 6.92 Å². The molecule has 0 saturated heterocycles. The van der Waals surface area contributed by atoms with Gasteiger partial charge in [0.1, 0.15) is 5.75 Å². The molecule has 0 saturated carbocycles.